The summed E-state index contributed by atoms with van der Waals surface area (Å²) in [5.41, 5.74) is 4.19. The molecule has 184 valence electrons. The van der Waals surface area contributed by atoms with Gasteiger partial charge in [-0.25, -0.2) is 0 Å². The van der Waals surface area contributed by atoms with Gasteiger partial charge >= 0.3 is 0 Å². The maximum atomic E-state index is 13.6. The van der Waals surface area contributed by atoms with E-state index in [-0.39, 0.29) is 11.7 Å². The zero-order valence-corrected chi connectivity index (χ0v) is 20.3. The van der Waals surface area contributed by atoms with E-state index >= 15 is 0 Å². The summed E-state index contributed by atoms with van der Waals surface area (Å²) in [6.45, 7) is 0.457. The molecule has 1 amide bonds. The van der Waals surface area contributed by atoms with E-state index in [9.17, 15) is 9.90 Å². The third-order valence-electron chi connectivity index (χ3n) is 6.52. The molecule has 8 nitrogen and oxygen atoms in total. The van der Waals surface area contributed by atoms with E-state index in [1.54, 1.807) is 39.5 Å². The largest absolute Gasteiger partial charge is 0.507 e. The molecule has 1 aliphatic rings. The Morgan fingerprint density at radius 3 is 2.50 bits per heavy atom. The van der Waals surface area contributed by atoms with Gasteiger partial charge in [-0.15, -0.1) is 0 Å². The van der Waals surface area contributed by atoms with Crippen LogP contribution in [0.2, 0.25) is 0 Å². The molecule has 3 aromatic carbocycles. The molecule has 2 N–H and O–H groups in total. The number of rotatable bonds is 8. The predicted octanol–water partition coefficient (Wildman–Crippen LogP) is 4.60. The molecule has 0 aliphatic carbocycles. The number of para-hydroxylation sites is 1. The van der Waals surface area contributed by atoms with Gasteiger partial charge < -0.3 is 24.2 Å². The first-order chi connectivity index (χ1) is 17.5. The first-order valence-corrected chi connectivity index (χ1v) is 11.6. The molecule has 0 radical (unpaired) electrons. The van der Waals surface area contributed by atoms with Gasteiger partial charge in [-0.1, -0.05) is 30.3 Å². The van der Waals surface area contributed by atoms with Gasteiger partial charge in [-0.3, -0.25) is 9.89 Å². The summed E-state index contributed by atoms with van der Waals surface area (Å²) in [6.07, 6.45) is 0.607. The highest BCUT2D eigenvalue weighted by Gasteiger charge is 2.42. The maximum Gasteiger partial charge on any atom is 0.273 e. The number of nitrogens with zero attached hydrogens (tertiary/aromatic N) is 2. The highest BCUT2D eigenvalue weighted by molar-refractivity contribution is 6.00. The Labute approximate surface area is 209 Å². The van der Waals surface area contributed by atoms with Crippen LogP contribution in [0.5, 0.6) is 23.0 Å². The molecule has 8 heteroatoms. The van der Waals surface area contributed by atoms with Crippen molar-refractivity contribution in [3.8, 4) is 34.3 Å². The number of benzene rings is 3. The number of carbonyl (C=O) groups excluding carboxylic acids is 1. The molecule has 36 heavy (non-hydrogen) atoms. The zero-order chi connectivity index (χ0) is 25.2. The SMILES string of the molecule is COc1cccc([C@H]2c3c(-c4ccccc4O)n[nH]c3C(=O)N2CCc2ccc(OC)c(OC)c2)c1. The molecule has 0 saturated carbocycles. The first kappa shape index (κ1) is 23.3. The molecule has 1 aromatic heterocycles. The van der Waals surface area contributed by atoms with Crippen molar-refractivity contribution < 1.29 is 24.1 Å². The second kappa shape index (κ2) is 9.65. The lowest BCUT2D eigenvalue weighted by Crippen LogP contribution is -2.31. The molecule has 2 heterocycles. The number of ether oxygens (including phenoxy) is 3. The Kier molecular flexibility index (Phi) is 6.25. The van der Waals surface area contributed by atoms with Crippen molar-refractivity contribution in [2.75, 3.05) is 27.9 Å². The van der Waals surface area contributed by atoms with E-state index in [0.717, 1.165) is 16.7 Å². The summed E-state index contributed by atoms with van der Waals surface area (Å²) < 4.78 is 16.3. The van der Waals surface area contributed by atoms with Crippen LogP contribution in [0.3, 0.4) is 0 Å². The number of hydrogen-bond acceptors (Lipinski definition) is 6. The molecular formula is C28H27N3O5. The number of H-pyrrole nitrogens is 1. The second-order valence-corrected chi connectivity index (χ2v) is 8.50. The van der Waals surface area contributed by atoms with E-state index in [2.05, 4.69) is 10.2 Å². The Morgan fingerprint density at radius 2 is 1.75 bits per heavy atom. The molecule has 0 unspecified atom stereocenters. The molecule has 1 atom stereocenters. The minimum Gasteiger partial charge on any atom is -0.507 e. The third kappa shape index (κ3) is 4.00. The lowest BCUT2D eigenvalue weighted by Gasteiger charge is -2.27. The number of phenolic OH excluding ortho intramolecular Hbond substituents is 1. The number of aromatic amines is 1. The van der Waals surface area contributed by atoms with Crippen molar-refractivity contribution in [3.05, 3.63) is 89.1 Å². The smallest absolute Gasteiger partial charge is 0.273 e. The number of hydrogen-bond donors (Lipinski definition) is 2. The van der Waals surface area contributed by atoms with Crippen molar-refractivity contribution in [1.29, 1.82) is 0 Å². The Morgan fingerprint density at radius 1 is 0.944 bits per heavy atom. The summed E-state index contributed by atoms with van der Waals surface area (Å²) in [5, 5.41) is 17.9. The van der Waals surface area contributed by atoms with E-state index < -0.39 is 6.04 Å². The lowest BCUT2D eigenvalue weighted by atomic mass is 9.95. The van der Waals surface area contributed by atoms with Crippen LogP contribution >= 0.6 is 0 Å². The van der Waals surface area contributed by atoms with Gasteiger partial charge in [0.15, 0.2) is 11.5 Å². The third-order valence-corrected chi connectivity index (χ3v) is 6.52. The van der Waals surface area contributed by atoms with E-state index in [1.807, 2.05) is 53.4 Å². The van der Waals surface area contributed by atoms with Crippen LogP contribution < -0.4 is 14.2 Å². The number of phenols is 1. The minimum atomic E-state index is -0.406. The topological polar surface area (TPSA) is 96.9 Å². The Balaban J connectivity index is 1.55. The second-order valence-electron chi connectivity index (χ2n) is 8.50. The van der Waals surface area contributed by atoms with Crippen molar-refractivity contribution in [2.45, 2.75) is 12.5 Å². The van der Waals surface area contributed by atoms with Crippen LogP contribution in [-0.2, 0) is 6.42 Å². The number of aromatic nitrogens is 2. The van der Waals surface area contributed by atoms with Crippen molar-refractivity contribution >= 4 is 5.91 Å². The number of aromatic hydroxyl groups is 1. The first-order valence-electron chi connectivity index (χ1n) is 11.6. The Hall–Kier alpha value is -4.46. The highest BCUT2D eigenvalue weighted by Crippen LogP contribution is 2.45. The van der Waals surface area contributed by atoms with Crippen molar-refractivity contribution in [3.63, 3.8) is 0 Å². The normalized spacial score (nSPS) is 14.6. The lowest BCUT2D eigenvalue weighted by molar-refractivity contribution is 0.0745. The number of fused-ring (bicyclic) bond motifs is 1. The van der Waals surface area contributed by atoms with Crippen LogP contribution in [0.4, 0.5) is 0 Å². The van der Waals surface area contributed by atoms with Crippen LogP contribution in [0.1, 0.15) is 33.2 Å². The van der Waals surface area contributed by atoms with Crippen LogP contribution in [-0.4, -0.2) is 54.0 Å². The van der Waals surface area contributed by atoms with Gasteiger partial charge in [0.25, 0.3) is 5.91 Å². The fourth-order valence-corrected chi connectivity index (χ4v) is 4.75. The zero-order valence-electron chi connectivity index (χ0n) is 20.3. The minimum absolute atomic E-state index is 0.104. The molecule has 0 fully saturated rings. The molecule has 0 spiro atoms. The van der Waals surface area contributed by atoms with Gasteiger partial charge in [0.2, 0.25) is 0 Å². The molecular weight excluding hydrogens is 458 g/mol. The Bertz CT molecular complexity index is 1410. The van der Waals surface area contributed by atoms with E-state index in [0.29, 0.717) is 47.2 Å². The van der Waals surface area contributed by atoms with Gasteiger partial charge in [0, 0.05) is 17.7 Å². The van der Waals surface area contributed by atoms with Gasteiger partial charge in [-0.2, -0.15) is 5.10 Å². The number of methoxy groups -OCH3 is 3. The summed E-state index contributed by atoms with van der Waals surface area (Å²) in [4.78, 5) is 15.5. The molecule has 0 bridgehead atoms. The fourth-order valence-electron chi connectivity index (χ4n) is 4.75. The average Bonchev–Trinajstić information content (AvgIpc) is 3.46. The summed E-state index contributed by atoms with van der Waals surface area (Å²) in [5.74, 6) is 1.95. The molecule has 1 aliphatic heterocycles. The number of amides is 1. The summed E-state index contributed by atoms with van der Waals surface area (Å²) >= 11 is 0. The standard InChI is InChI=1S/C28H27N3O5/c1-34-19-8-6-7-18(16-19)27-24-25(20-9-4-5-10-21(20)32)29-30-26(24)28(33)31(27)14-13-17-11-12-22(35-2)23(15-17)36-3/h4-12,15-16,27,32H,13-14H2,1-3H3,(H,29,30)/t27-/m0/s1. The van der Waals surface area contributed by atoms with Gasteiger partial charge in [0.05, 0.1) is 27.4 Å². The summed E-state index contributed by atoms with van der Waals surface area (Å²) in [6, 6.07) is 20.0. The fraction of sp³-hybridized carbons (Fsp3) is 0.214. The molecule has 0 saturated heterocycles. The van der Waals surface area contributed by atoms with Crippen LogP contribution in [0, 0.1) is 0 Å². The average molecular weight is 486 g/mol. The van der Waals surface area contributed by atoms with Gasteiger partial charge in [0.1, 0.15) is 22.9 Å². The van der Waals surface area contributed by atoms with E-state index in [1.165, 1.54) is 0 Å². The van der Waals surface area contributed by atoms with Crippen molar-refractivity contribution in [2.24, 2.45) is 0 Å². The maximum absolute atomic E-state index is 13.6. The van der Waals surface area contributed by atoms with E-state index in [4.69, 9.17) is 14.2 Å². The predicted molar refractivity (Wildman–Crippen MR) is 135 cm³/mol. The van der Waals surface area contributed by atoms with Crippen LogP contribution in [0.25, 0.3) is 11.3 Å². The quantitative estimate of drug-likeness (QED) is 0.379. The monoisotopic (exact) mass is 485 g/mol. The number of carbonyl (C=O) groups is 1. The van der Waals surface area contributed by atoms with Crippen molar-refractivity contribution in [1.82, 2.24) is 15.1 Å². The van der Waals surface area contributed by atoms with Crippen LogP contribution in [0.15, 0.2) is 66.7 Å². The molecule has 4 aromatic rings. The van der Waals surface area contributed by atoms with Gasteiger partial charge in [-0.05, 0) is 53.9 Å². The molecule has 5 rings (SSSR count). The number of nitrogens with one attached hydrogen (secondary N) is 1. The summed E-state index contributed by atoms with van der Waals surface area (Å²) in [7, 11) is 4.82. The highest BCUT2D eigenvalue weighted by atomic mass is 16.5.